The van der Waals surface area contributed by atoms with E-state index in [9.17, 15) is 15.0 Å². The lowest BCUT2D eigenvalue weighted by Crippen LogP contribution is -2.03. The molecular formula is C18H18O4. The second-order valence-electron chi connectivity index (χ2n) is 4.83. The van der Waals surface area contributed by atoms with E-state index in [-0.39, 0.29) is 11.5 Å². The molecule has 0 heterocycles. The van der Waals surface area contributed by atoms with Crippen LogP contribution in [-0.2, 0) is 16.0 Å². The summed E-state index contributed by atoms with van der Waals surface area (Å²) >= 11 is 0. The van der Waals surface area contributed by atoms with Crippen molar-refractivity contribution in [3.63, 3.8) is 0 Å². The van der Waals surface area contributed by atoms with Crippen LogP contribution in [0.3, 0.4) is 0 Å². The minimum Gasteiger partial charge on any atom is -0.508 e. The van der Waals surface area contributed by atoms with Gasteiger partial charge in [0.05, 0.1) is 6.61 Å². The molecular weight excluding hydrogens is 280 g/mol. The largest absolute Gasteiger partial charge is 0.508 e. The second-order valence-corrected chi connectivity index (χ2v) is 4.83. The monoisotopic (exact) mass is 298 g/mol. The molecule has 2 aromatic carbocycles. The number of rotatable bonds is 6. The lowest BCUT2D eigenvalue weighted by atomic mass is 10.1. The van der Waals surface area contributed by atoms with E-state index < -0.39 is 5.97 Å². The maximum absolute atomic E-state index is 11.6. The van der Waals surface area contributed by atoms with Crippen molar-refractivity contribution in [2.24, 2.45) is 0 Å². The fourth-order valence-corrected chi connectivity index (χ4v) is 1.98. The SMILES string of the molecule is O=C(C=Cc1cc(O)ccc1O)OCCCc1ccccc1. The first kappa shape index (κ1) is 15.6. The van der Waals surface area contributed by atoms with E-state index in [1.165, 1.54) is 35.9 Å². The summed E-state index contributed by atoms with van der Waals surface area (Å²) in [7, 11) is 0. The first-order chi connectivity index (χ1) is 10.6. The maximum Gasteiger partial charge on any atom is 0.330 e. The predicted octanol–water partition coefficient (Wildman–Crippen LogP) is 3.29. The normalized spacial score (nSPS) is 10.7. The Morgan fingerprint density at radius 3 is 2.64 bits per heavy atom. The molecule has 114 valence electrons. The van der Waals surface area contributed by atoms with Crippen molar-refractivity contribution in [3.05, 3.63) is 65.7 Å². The first-order valence-corrected chi connectivity index (χ1v) is 7.06. The highest BCUT2D eigenvalue weighted by atomic mass is 16.5. The van der Waals surface area contributed by atoms with Crippen molar-refractivity contribution in [1.82, 2.24) is 0 Å². The number of ether oxygens (including phenoxy) is 1. The summed E-state index contributed by atoms with van der Waals surface area (Å²) in [5.74, 6) is -0.463. The van der Waals surface area contributed by atoms with E-state index in [1.807, 2.05) is 30.3 Å². The Morgan fingerprint density at radius 2 is 1.86 bits per heavy atom. The molecule has 0 atom stereocenters. The van der Waals surface area contributed by atoms with Gasteiger partial charge in [-0.2, -0.15) is 0 Å². The van der Waals surface area contributed by atoms with Crippen LogP contribution in [0.1, 0.15) is 17.5 Å². The van der Waals surface area contributed by atoms with Gasteiger partial charge in [0, 0.05) is 11.6 Å². The summed E-state index contributed by atoms with van der Waals surface area (Å²) in [6.45, 7) is 0.337. The van der Waals surface area contributed by atoms with E-state index in [2.05, 4.69) is 0 Å². The molecule has 0 spiro atoms. The zero-order valence-electron chi connectivity index (χ0n) is 12.1. The highest BCUT2D eigenvalue weighted by Crippen LogP contribution is 2.23. The van der Waals surface area contributed by atoms with Gasteiger partial charge in [0.1, 0.15) is 11.5 Å². The molecule has 0 aliphatic heterocycles. The molecule has 4 heteroatoms. The summed E-state index contributed by atoms with van der Waals surface area (Å²) in [4.78, 5) is 11.6. The molecule has 0 fully saturated rings. The van der Waals surface area contributed by atoms with Gasteiger partial charge in [0.15, 0.2) is 0 Å². The lowest BCUT2D eigenvalue weighted by Gasteiger charge is -2.03. The van der Waals surface area contributed by atoms with Crippen molar-refractivity contribution in [1.29, 1.82) is 0 Å². The third-order valence-corrected chi connectivity index (χ3v) is 3.11. The number of phenolic OH excluding ortho intramolecular Hbond substituents is 2. The number of esters is 1. The number of phenols is 2. The Balaban J connectivity index is 1.76. The fourth-order valence-electron chi connectivity index (χ4n) is 1.98. The lowest BCUT2D eigenvalue weighted by molar-refractivity contribution is -0.137. The Labute approximate surface area is 129 Å². The van der Waals surface area contributed by atoms with Crippen LogP contribution in [0.5, 0.6) is 11.5 Å². The van der Waals surface area contributed by atoms with Crippen LogP contribution in [0, 0.1) is 0 Å². The van der Waals surface area contributed by atoms with E-state index in [0.717, 1.165) is 12.8 Å². The van der Waals surface area contributed by atoms with Gasteiger partial charge >= 0.3 is 5.97 Å². The molecule has 2 N–H and O–H groups in total. The minimum atomic E-state index is -0.476. The second kappa shape index (κ2) is 7.88. The minimum absolute atomic E-state index is 0.00840. The first-order valence-electron chi connectivity index (χ1n) is 7.06. The van der Waals surface area contributed by atoms with Gasteiger partial charge in [0.25, 0.3) is 0 Å². The standard InChI is InChI=1S/C18H18O4/c19-16-9-10-17(20)15(13-16)8-11-18(21)22-12-4-7-14-5-2-1-3-6-14/h1-3,5-6,8-11,13,19-20H,4,7,12H2. The summed E-state index contributed by atoms with van der Waals surface area (Å²) in [5.41, 5.74) is 1.57. The number of carbonyl (C=O) groups is 1. The summed E-state index contributed by atoms with van der Waals surface area (Å²) in [5, 5.41) is 18.9. The van der Waals surface area contributed by atoms with E-state index >= 15 is 0 Å². The number of benzene rings is 2. The van der Waals surface area contributed by atoms with Gasteiger partial charge in [-0.3, -0.25) is 0 Å². The zero-order valence-corrected chi connectivity index (χ0v) is 12.1. The van der Waals surface area contributed by atoms with Gasteiger partial charge in [-0.05, 0) is 42.7 Å². The Kier molecular flexibility index (Phi) is 5.60. The van der Waals surface area contributed by atoms with Crippen LogP contribution < -0.4 is 0 Å². The number of hydrogen-bond acceptors (Lipinski definition) is 4. The van der Waals surface area contributed by atoms with Crippen LogP contribution in [0.15, 0.2) is 54.6 Å². The topological polar surface area (TPSA) is 66.8 Å². The van der Waals surface area contributed by atoms with Gasteiger partial charge in [-0.25, -0.2) is 4.79 Å². The highest BCUT2D eigenvalue weighted by Gasteiger charge is 2.01. The average Bonchev–Trinajstić information content (AvgIpc) is 2.53. The van der Waals surface area contributed by atoms with Crippen molar-refractivity contribution in [3.8, 4) is 11.5 Å². The third-order valence-electron chi connectivity index (χ3n) is 3.11. The Bertz CT molecular complexity index is 647. The Morgan fingerprint density at radius 1 is 1.09 bits per heavy atom. The molecule has 0 radical (unpaired) electrons. The third kappa shape index (κ3) is 4.98. The molecule has 22 heavy (non-hydrogen) atoms. The molecule has 0 aliphatic rings. The Hall–Kier alpha value is -2.75. The number of carbonyl (C=O) groups excluding carboxylic acids is 1. The number of aromatic hydroxyl groups is 2. The maximum atomic E-state index is 11.6. The van der Waals surface area contributed by atoms with E-state index in [0.29, 0.717) is 12.2 Å². The molecule has 2 aromatic rings. The van der Waals surface area contributed by atoms with Crippen molar-refractivity contribution in [2.45, 2.75) is 12.8 Å². The van der Waals surface area contributed by atoms with Crippen molar-refractivity contribution >= 4 is 12.0 Å². The zero-order chi connectivity index (χ0) is 15.8. The van der Waals surface area contributed by atoms with Crippen LogP contribution in [-0.4, -0.2) is 22.8 Å². The summed E-state index contributed by atoms with van der Waals surface area (Å²) in [6.07, 6.45) is 4.25. The smallest absolute Gasteiger partial charge is 0.330 e. The van der Waals surface area contributed by atoms with E-state index in [4.69, 9.17) is 4.74 Å². The predicted molar refractivity (Wildman–Crippen MR) is 84.5 cm³/mol. The van der Waals surface area contributed by atoms with Gasteiger partial charge in [-0.1, -0.05) is 30.3 Å². The van der Waals surface area contributed by atoms with Crippen LogP contribution in [0.25, 0.3) is 6.08 Å². The molecule has 0 saturated carbocycles. The molecule has 2 rings (SSSR count). The van der Waals surface area contributed by atoms with Crippen LogP contribution in [0.4, 0.5) is 0 Å². The van der Waals surface area contributed by atoms with Crippen molar-refractivity contribution < 1.29 is 19.7 Å². The summed E-state index contributed by atoms with van der Waals surface area (Å²) in [6, 6.07) is 14.1. The van der Waals surface area contributed by atoms with Gasteiger partial charge < -0.3 is 14.9 Å². The molecule has 4 nitrogen and oxygen atoms in total. The number of hydrogen-bond donors (Lipinski definition) is 2. The molecule has 0 aliphatic carbocycles. The van der Waals surface area contributed by atoms with Gasteiger partial charge in [-0.15, -0.1) is 0 Å². The molecule has 0 amide bonds. The van der Waals surface area contributed by atoms with Gasteiger partial charge in [0.2, 0.25) is 0 Å². The van der Waals surface area contributed by atoms with E-state index in [1.54, 1.807) is 0 Å². The number of aryl methyl sites for hydroxylation is 1. The molecule has 0 bridgehead atoms. The molecule has 0 aromatic heterocycles. The molecule has 0 saturated heterocycles. The van der Waals surface area contributed by atoms with Crippen LogP contribution in [0.2, 0.25) is 0 Å². The summed E-state index contributed by atoms with van der Waals surface area (Å²) < 4.78 is 5.09. The van der Waals surface area contributed by atoms with Crippen molar-refractivity contribution in [2.75, 3.05) is 6.61 Å². The highest BCUT2D eigenvalue weighted by molar-refractivity contribution is 5.87. The van der Waals surface area contributed by atoms with Crippen LogP contribution >= 0.6 is 0 Å². The average molecular weight is 298 g/mol. The quantitative estimate of drug-likeness (QED) is 0.372. The molecule has 0 unspecified atom stereocenters. The fraction of sp³-hybridized carbons (Fsp3) is 0.167.